The molecule has 0 unspecified atom stereocenters. The van der Waals surface area contributed by atoms with Gasteiger partial charge < -0.3 is 0 Å². The first-order valence-corrected chi connectivity index (χ1v) is 1.62. The van der Waals surface area contributed by atoms with Gasteiger partial charge in [0.05, 0.1) is 0 Å². The second kappa shape index (κ2) is 1.16. The van der Waals surface area contributed by atoms with Gasteiger partial charge >= 0.3 is 34.5 Å². The van der Waals surface area contributed by atoms with Gasteiger partial charge in [-0.2, -0.15) is 0 Å². The summed E-state index contributed by atoms with van der Waals surface area (Å²) in [7, 11) is 1.41. The maximum absolute atomic E-state index is 8.31. The Morgan fingerprint density at radius 1 is 1.83 bits per heavy atom. The van der Waals surface area contributed by atoms with Crippen molar-refractivity contribution in [2.45, 2.75) is 0 Å². The number of aromatic hydroxyl groups is 1. The van der Waals surface area contributed by atoms with Crippen molar-refractivity contribution in [2.24, 2.45) is 0 Å². The molecule has 1 heterocycles. The van der Waals surface area contributed by atoms with Crippen LogP contribution in [0.4, 0.5) is 0 Å². The molecule has 3 heteroatoms. The summed E-state index contributed by atoms with van der Waals surface area (Å²) in [6.07, 6.45) is 0. The quantitative estimate of drug-likeness (QED) is 0.488. The molecule has 0 saturated carbocycles. The predicted octanol–water partition coefficient (Wildman–Crippen LogP) is 0.323. The summed E-state index contributed by atoms with van der Waals surface area (Å²) in [5.41, 5.74) is 0. The summed E-state index contributed by atoms with van der Waals surface area (Å²) in [5.74, 6) is 1.59. The molecule has 0 bridgehead atoms. The predicted molar refractivity (Wildman–Crippen MR) is 21.7 cm³/mol. The normalized spacial score (nSPS) is 8.00. The Morgan fingerprint density at radius 3 is 2.83 bits per heavy atom. The SMILES string of the molecule is Oc1ccbo1. The van der Waals surface area contributed by atoms with Crippen LogP contribution in [0.15, 0.2) is 16.4 Å². The average molecular weight is 81.9 g/mol. The number of hydrogen-bond donors (Lipinski definition) is 1. The molecule has 1 rings (SSSR count). The standard InChI is InChI=1S/C3H3BO2/c5-3-1-2-4-6-3/h1-2,5H. The zero-order chi connectivity index (χ0) is 4.41. The van der Waals surface area contributed by atoms with Crippen LogP contribution in [0.1, 0.15) is 0 Å². The van der Waals surface area contributed by atoms with Crippen molar-refractivity contribution < 1.29 is 9.44 Å². The van der Waals surface area contributed by atoms with Crippen LogP contribution in [0.3, 0.4) is 0 Å². The van der Waals surface area contributed by atoms with E-state index in [1.165, 1.54) is 13.2 Å². The van der Waals surface area contributed by atoms with E-state index in [1.54, 1.807) is 5.96 Å². The van der Waals surface area contributed by atoms with Gasteiger partial charge in [0, 0.05) is 0 Å². The first kappa shape index (κ1) is 3.46. The van der Waals surface area contributed by atoms with Crippen LogP contribution in [-0.4, -0.2) is 12.2 Å². The van der Waals surface area contributed by atoms with Gasteiger partial charge in [0.2, 0.25) is 0 Å². The molecule has 0 saturated heterocycles. The molecule has 2 nitrogen and oxygen atoms in total. The van der Waals surface area contributed by atoms with Crippen molar-refractivity contribution >= 4 is 7.13 Å². The summed E-state index contributed by atoms with van der Waals surface area (Å²) < 4.78 is 4.39. The zero-order valence-electron chi connectivity index (χ0n) is 3.09. The van der Waals surface area contributed by atoms with Crippen LogP contribution < -0.4 is 0 Å². The molecule has 6 heavy (non-hydrogen) atoms. The van der Waals surface area contributed by atoms with Crippen LogP contribution in [-0.2, 0) is 0 Å². The van der Waals surface area contributed by atoms with E-state index in [9.17, 15) is 0 Å². The Labute approximate surface area is 35.7 Å². The average Bonchev–Trinajstić information content (AvgIpc) is 1.86. The van der Waals surface area contributed by atoms with Crippen LogP contribution >= 0.6 is 0 Å². The van der Waals surface area contributed by atoms with E-state index >= 15 is 0 Å². The summed E-state index contributed by atoms with van der Waals surface area (Å²) in [6, 6.07) is 1.47. The summed E-state index contributed by atoms with van der Waals surface area (Å²) in [4.78, 5) is 0. The second-order valence-corrected chi connectivity index (χ2v) is 0.951. The molecule has 0 radical (unpaired) electrons. The fourth-order valence-electron chi connectivity index (χ4n) is 0.270. The molecule has 0 aliphatic carbocycles. The maximum atomic E-state index is 8.31. The molecule has 0 fully saturated rings. The number of rotatable bonds is 0. The third-order valence-electron chi connectivity index (χ3n) is 0.506. The van der Waals surface area contributed by atoms with E-state index in [2.05, 4.69) is 4.33 Å². The molecule has 1 N–H and O–H groups in total. The molecule has 0 aromatic carbocycles. The van der Waals surface area contributed by atoms with E-state index in [1.807, 2.05) is 0 Å². The van der Waals surface area contributed by atoms with Gasteiger partial charge in [-0.15, -0.1) is 0 Å². The Kier molecular flexibility index (Phi) is 0.672. The van der Waals surface area contributed by atoms with Gasteiger partial charge in [-0.3, -0.25) is 0 Å². The first-order chi connectivity index (χ1) is 2.89. The minimum absolute atomic E-state index is 0.0324. The van der Waals surface area contributed by atoms with Crippen LogP contribution in [0.25, 0.3) is 0 Å². The topological polar surface area (TPSA) is 33.4 Å². The zero-order valence-corrected chi connectivity index (χ0v) is 3.09. The van der Waals surface area contributed by atoms with E-state index in [-0.39, 0.29) is 5.95 Å². The molecular weight excluding hydrogens is 78.8 g/mol. The van der Waals surface area contributed by atoms with Gasteiger partial charge in [-0.1, -0.05) is 0 Å². The van der Waals surface area contributed by atoms with E-state index in [0.29, 0.717) is 0 Å². The van der Waals surface area contributed by atoms with Crippen LogP contribution in [0, 0.1) is 0 Å². The van der Waals surface area contributed by atoms with Crippen molar-refractivity contribution in [3.63, 3.8) is 0 Å². The fraction of sp³-hybridized carbons (Fsp3) is 0. The number of hydrogen-bond acceptors (Lipinski definition) is 2. The Balaban J connectivity index is 3.05. The Hall–Kier alpha value is -0.725. The minimum atomic E-state index is -0.0324. The van der Waals surface area contributed by atoms with Crippen molar-refractivity contribution in [3.8, 4) is 5.95 Å². The van der Waals surface area contributed by atoms with Gasteiger partial charge in [0.25, 0.3) is 0 Å². The van der Waals surface area contributed by atoms with Gasteiger partial charge in [0.15, 0.2) is 0 Å². The van der Waals surface area contributed by atoms with E-state index in [4.69, 9.17) is 5.11 Å². The third kappa shape index (κ3) is 0.430. The van der Waals surface area contributed by atoms with Gasteiger partial charge in [-0.05, 0) is 0 Å². The molecule has 0 aliphatic heterocycles. The Bertz CT molecular complexity index is 112. The summed E-state index contributed by atoms with van der Waals surface area (Å²) >= 11 is 0. The molecule has 1 aromatic heterocycles. The first-order valence-electron chi connectivity index (χ1n) is 1.62. The van der Waals surface area contributed by atoms with Crippen molar-refractivity contribution in [1.29, 1.82) is 0 Å². The third-order valence-corrected chi connectivity index (χ3v) is 0.506. The Morgan fingerprint density at radius 2 is 2.67 bits per heavy atom. The monoisotopic (exact) mass is 82.0 g/mol. The fourth-order valence-corrected chi connectivity index (χ4v) is 0.270. The summed E-state index contributed by atoms with van der Waals surface area (Å²) in [6.45, 7) is 0. The molecule has 0 aliphatic rings. The van der Waals surface area contributed by atoms with Crippen LogP contribution in [0.5, 0.6) is 5.95 Å². The van der Waals surface area contributed by atoms with Crippen molar-refractivity contribution in [3.05, 3.63) is 12.0 Å². The van der Waals surface area contributed by atoms with E-state index in [0.717, 1.165) is 0 Å². The van der Waals surface area contributed by atoms with Crippen molar-refractivity contribution in [1.82, 2.24) is 0 Å². The molecule has 1 aromatic rings. The van der Waals surface area contributed by atoms with Crippen LogP contribution in [0.2, 0.25) is 0 Å². The molecular formula is C3H3BO2. The van der Waals surface area contributed by atoms with Crippen molar-refractivity contribution in [2.75, 3.05) is 0 Å². The van der Waals surface area contributed by atoms with Gasteiger partial charge in [0.1, 0.15) is 0 Å². The molecule has 30 valence electrons. The molecule has 0 spiro atoms. The van der Waals surface area contributed by atoms with E-state index < -0.39 is 0 Å². The molecule has 0 atom stereocenters. The molecule has 0 amide bonds. The van der Waals surface area contributed by atoms with Gasteiger partial charge in [-0.25, -0.2) is 0 Å². The summed E-state index contributed by atoms with van der Waals surface area (Å²) in [5, 5.41) is 8.31. The second-order valence-electron chi connectivity index (χ2n) is 0.951.